The van der Waals surface area contributed by atoms with Crippen LogP contribution in [0.15, 0.2) is 41.1 Å². The lowest BCUT2D eigenvalue weighted by Crippen LogP contribution is -2.15. The van der Waals surface area contributed by atoms with Gasteiger partial charge in [0.25, 0.3) is 0 Å². The van der Waals surface area contributed by atoms with Crippen LogP contribution in [0.2, 0.25) is 0 Å². The molecule has 1 N–H and O–H groups in total. The number of aromatic nitrogens is 2. The van der Waals surface area contributed by atoms with Gasteiger partial charge in [0.05, 0.1) is 16.4 Å². The molecule has 88 valence electrons. The van der Waals surface area contributed by atoms with Crippen molar-refractivity contribution in [3.63, 3.8) is 0 Å². The first kappa shape index (κ1) is 11.0. The Labute approximate surface area is 109 Å². The maximum Gasteiger partial charge on any atom is 0.0649 e. The van der Waals surface area contributed by atoms with E-state index < -0.39 is 0 Å². The summed E-state index contributed by atoms with van der Waals surface area (Å²) in [5.74, 6) is 0. The minimum atomic E-state index is 0.748. The van der Waals surface area contributed by atoms with Crippen LogP contribution in [0.25, 0.3) is 5.69 Å². The van der Waals surface area contributed by atoms with Gasteiger partial charge in [-0.15, -0.1) is 0 Å². The Morgan fingerprint density at radius 3 is 3.00 bits per heavy atom. The summed E-state index contributed by atoms with van der Waals surface area (Å²) in [5, 5.41) is 7.80. The Kier molecular flexibility index (Phi) is 2.99. The maximum atomic E-state index is 4.28. The van der Waals surface area contributed by atoms with E-state index in [1.165, 1.54) is 18.4 Å². The van der Waals surface area contributed by atoms with Crippen LogP contribution in [0.3, 0.4) is 0 Å². The highest BCUT2D eigenvalue weighted by atomic mass is 79.9. The first-order valence-corrected chi connectivity index (χ1v) is 6.63. The van der Waals surface area contributed by atoms with E-state index in [1.54, 1.807) is 6.20 Å². The highest BCUT2D eigenvalue weighted by molar-refractivity contribution is 9.10. The Morgan fingerprint density at radius 2 is 2.29 bits per heavy atom. The monoisotopic (exact) mass is 291 g/mol. The zero-order valence-corrected chi connectivity index (χ0v) is 11.0. The molecular formula is C13H14BrN3. The molecule has 0 unspecified atom stereocenters. The number of hydrogen-bond donors (Lipinski definition) is 1. The lowest BCUT2D eigenvalue weighted by atomic mass is 10.2. The minimum absolute atomic E-state index is 0.748. The zero-order valence-electron chi connectivity index (χ0n) is 9.44. The normalized spacial score (nSPS) is 15.1. The molecule has 1 saturated carbocycles. The molecular weight excluding hydrogens is 278 g/mol. The fraction of sp³-hybridized carbons (Fsp3) is 0.308. The maximum absolute atomic E-state index is 4.28. The van der Waals surface area contributed by atoms with Gasteiger partial charge >= 0.3 is 0 Å². The molecule has 17 heavy (non-hydrogen) atoms. The van der Waals surface area contributed by atoms with E-state index >= 15 is 0 Å². The molecule has 1 aromatic heterocycles. The van der Waals surface area contributed by atoms with Crippen molar-refractivity contribution in [2.24, 2.45) is 0 Å². The van der Waals surface area contributed by atoms with Crippen molar-refractivity contribution < 1.29 is 0 Å². The molecule has 2 aromatic rings. The second kappa shape index (κ2) is 4.63. The van der Waals surface area contributed by atoms with Crippen molar-refractivity contribution in [3.05, 3.63) is 46.7 Å². The predicted molar refractivity (Wildman–Crippen MR) is 71.1 cm³/mol. The van der Waals surface area contributed by atoms with Gasteiger partial charge in [0.2, 0.25) is 0 Å². The molecule has 1 fully saturated rings. The average molecular weight is 292 g/mol. The third-order valence-electron chi connectivity index (χ3n) is 2.90. The van der Waals surface area contributed by atoms with Gasteiger partial charge in [-0.1, -0.05) is 12.1 Å². The second-order valence-electron chi connectivity index (χ2n) is 4.43. The summed E-state index contributed by atoms with van der Waals surface area (Å²) >= 11 is 3.41. The molecule has 0 aliphatic heterocycles. The fourth-order valence-electron chi connectivity index (χ4n) is 1.80. The summed E-state index contributed by atoms with van der Waals surface area (Å²) in [5.41, 5.74) is 2.41. The van der Waals surface area contributed by atoms with Crippen molar-refractivity contribution in [2.75, 3.05) is 0 Å². The highest BCUT2D eigenvalue weighted by Gasteiger charge is 2.19. The van der Waals surface area contributed by atoms with Crippen LogP contribution in [-0.2, 0) is 6.54 Å². The zero-order chi connectivity index (χ0) is 11.7. The second-order valence-corrected chi connectivity index (χ2v) is 5.34. The van der Waals surface area contributed by atoms with Crippen molar-refractivity contribution in [1.29, 1.82) is 0 Å². The van der Waals surface area contributed by atoms with Crippen molar-refractivity contribution >= 4 is 15.9 Å². The van der Waals surface area contributed by atoms with Crippen LogP contribution in [-0.4, -0.2) is 15.8 Å². The van der Waals surface area contributed by atoms with Gasteiger partial charge in [0.15, 0.2) is 0 Å². The number of halogens is 1. The molecule has 1 aliphatic rings. The van der Waals surface area contributed by atoms with Gasteiger partial charge in [0.1, 0.15) is 0 Å². The lowest BCUT2D eigenvalue weighted by molar-refractivity contribution is 0.687. The number of nitrogens with one attached hydrogen (secondary N) is 1. The topological polar surface area (TPSA) is 29.9 Å². The minimum Gasteiger partial charge on any atom is -0.310 e. The fourth-order valence-corrected chi connectivity index (χ4v) is 2.09. The molecule has 0 atom stereocenters. The summed E-state index contributed by atoms with van der Waals surface area (Å²) in [4.78, 5) is 0. The molecule has 1 heterocycles. The predicted octanol–water partition coefficient (Wildman–Crippen LogP) is 2.89. The van der Waals surface area contributed by atoms with E-state index in [0.717, 1.165) is 22.7 Å². The molecule has 0 saturated heterocycles. The highest BCUT2D eigenvalue weighted by Crippen LogP contribution is 2.20. The Balaban J connectivity index is 1.77. The molecule has 0 spiro atoms. The molecule has 3 rings (SSSR count). The largest absolute Gasteiger partial charge is 0.310 e. The van der Waals surface area contributed by atoms with E-state index in [2.05, 4.69) is 50.6 Å². The van der Waals surface area contributed by atoms with E-state index in [1.807, 2.05) is 10.9 Å². The van der Waals surface area contributed by atoms with Gasteiger partial charge in [-0.2, -0.15) is 5.10 Å². The third kappa shape index (κ3) is 2.76. The molecule has 1 aliphatic carbocycles. The van der Waals surface area contributed by atoms with Crippen LogP contribution in [0.1, 0.15) is 18.4 Å². The van der Waals surface area contributed by atoms with Gasteiger partial charge < -0.3 is 5.32 Å². The number of rotatable bonds is 4. The third-order valence-corrected chi connectivity index (χ3v) is 3.31. The van der Waals surface area contributed by atoms with Crippen molar-refractivity contribution in [3.8, 4) is 5.69 Å². The number of nitrogens with zero attached hydrogens (tertiary/aromatic N) is 2. The summed E-state index contributed by atoms with van der Waals surface area (Å²) in [6, 6.07) is 9.22. The van der Waals surface area contributed by atoms with Crippen LogP contribution in [0.5, 0.6) is 0 Å². The summed E-state index contributed by atoms with van der Waals surface area (Å²) in [7, 11) is 0. The standard InChI is InChI=1S/C13H14BrN3/c14-11-8-16-17(9-11)13-3-1-2-10(6-13)7-15-12-4-5-12/h1-3,6,8-9,12,15H,4-5,7H2. The molecule has 0 radical (unpaired) electrons. The first-order chi connectivity index (χ1) is 8.31. The molecule has 1 aromatic carbocycles. The van der Waals surface area contributed by atoms with Gasteiger partial charge in [-0.05, 0) is 46.5 Å². The molecule has 0 bridgehead atoms. The summed E-state index contributed by atoms with van der Waals surface area (Å²) in [6.45, 7) is 0.945. The quantitative estimate of drug-likeness (QED) is 0.939. The van der Waals surface area contributed by atoms with E-state index in [4.69, 9.17) is 0 Å². The summed E-state index contributed by atoms with van der Waals surface area (Å²) < 4.78 is 2.88. The van der Waals surface area contributed by atoms with Crippen molar-refractivity contribution in [1.82, 2.24) is 15.1 Å². The van der Waals surface area contributed by atoms with E-state index in [-0.39, 0.29) is 0 Å². The Bertz CT molecular complexity index is 517. The smallest absolute Gasteiger partial charge is 0.0649 e. The van der Waals surface area contributed by atoms with E-state index in [0.29, 0.717) is 0 Å². The number of hydrogen-bond acceptors (Lipinski definition) is 2. The Hall–Kier alpha value is -1.13. The van der Waals surface area contributed by atoms with Gasteiger partial charge in [-0.25, -0.2) is 4.68 Å². The average Bonchev–Trinajstić information content (AvgIpc) is 3.08. The van der Waals surface area contributed by atoms with Crippen molar-refractivity contribution in [2.45, 2.75) is 25.4 Å². The van der Waals surface area contributed by atoms with Crippen LogP contribution in [0.4, 0.5) is 0 Å². The Morgan fingerprint density at radius 1 is 1.41 bits per heavy atom. The lowest BCUT2D eigenvalue weighted by Gasteiger charge is -2.06. The van der Waals surface area contributed by atoms with Crippen LogP contribution >= 0.6 is 15.9 Å². The molecule has 0 amide bonds. The summed E-state index contributed by atoms with van der Waals surface area (Å²) in [6.07, 6.45) is 6.42. The SMILES string of the molecule is Brc1cnn(-c2cccc(CNC3CC3)c2)c1. The van der Waals surface area contributed by atoms with E-state index in [9.17, 15) is 0 Å². The van der Waals surface area contributed by atoms with Crippen LogP contribution < -0.4 is 5.32 Å². The number of benzene rings is 1. The molecule has 3 nitrogen and oxygen atoms in total. The van der Waals surface area contributed by atoms with Gasteiger partial charge in [-0.3, -0.25) is 0 Å². The molecule has 4 heteroatoms. The van der Waals surface area contributed by atoms with Crippen LogP contribution in [0, 0.1) is 0 Å². The first-order valence-electron chi connectivity index (χ1n) is 5.84. The van der Waals surface area contributed by atoms with Gasteiger partial charge in [0, 0.05) is 18.8 Å².